The summed E-state index contributed by atoms with van der Waals surface area (Å²) < 4.78 is 12.2. The van der Waals surface area contributed by atoms with Crippen molar-refractivity contribution in [2.45, 2.75) is 38.9 Å². The average Bonchev–Trinajstić information content (AvgIpc) is 2.68. The molecule has 1 N–H and O–H groups in total. The fourth-order valence-corrected chi connectivity index (χ4v) is 2.15. The van der Waals surface area contributed by atoms with Crippen LogP contribution in [0.2, 0.25) is 0 Å². The van der Waals surface area contributed by atoms with E-state index in [2.05, 4.69) is 16.4 Å². The first-order chi connectivity index (χ1) is 10.3. The highest BCUT2D eigenvalue weighted by atomic mass is 16.7. The molecule has 1 saturated heterocycles. The molecule has 0 aliphatic carbocycles. The van der Waals surface area contributed by atoms with Gasteiger partial charge in [-0.05, 0) is 58.4 Å². The summed E-state index contributed by atoms with van der Waals surface area (Å²) in [6, 6.07) is 5.63. The van der Waals surface area contributed by atoms with Crippen LogP contribution in [0.15, 0.2) is 23.8 Å². The molecule has 2 heterocycles. The Morgan fingerprint density at radius 3 is 2.41 bits per heavy atom. The molecule has 0 unspecified atom stereocenters. The molecule has 0 radical (unpaired) electrons. The molecule has 1 fully saturated rings. The molecule has 0 bridgehead atoms. The molecule has 0 atom stereocenters. The van der Waals surface area contributed by atoms with E-state index in [0.717, 1.165) is 11.2 Å². The molecule has 1 aromatic rings. The van der Waals surface area contributed by atoms with Gasteiger partial charge in [0.05, 0.1) is 22.5 Å². The maximum atomic E-state index is 8.83. The van der Waals surface area contributed by atoms with Crippen LogP contribution in [-0.4, -0.2) is 36.9 Å². The number of nitrogens with zero attached hydrogens (tertiary/aromatic N) is 2. The topological polar surface area (TPSA) is 67.2 Å². The molecule has 0 spiro atoms. The Bertz CT molecular complexity index is 587. The molecule has 22 heavy (non-hydrogen) atoms. The van der Waals surface area contributed by atoms with E-state index in [4.69, 9.17) is 14.6 Å². The number of hydrogen-bond donors (Lipinski definition) is 1. The lowest BCUT2D eigenvalue weighted by atomic mass is 9.77. The van der Waals surface area contributed by atoms with Crippen molar-refractivity contribution in [2.24, 2.45) is 0 Å². The lowest BCUT2D eigenvalue weighted by molar-refractivity contribution is 0.00578. The number of nitrogens with one attached hydrogen (secondary N) is 1. The standard InChI is InChI=1S/C16H22BN3O2/c1-15(2)16(3,4)22-17(21-15)13(11-19-5)8-14-7-6-12(9-18)10-20-14/h6-8,10,19H,11H2,1-5H3. The minimum Gasteiger partial charge on any atom is -0.400 e. The molecule has 1 aromatic heterocycles. The predicted molar refractivity (Wildman–Crippen MR) is 86.9 cm³/mol. The van der Waals surface area contributed by atoms with E-state index in [1.807, 2.05) is 46.9 Å². The molecular weight excluding hydrogens is 277 g/mol. The zero-order valence-corrected chi connectivity index (χ0v) is 13.8. The number of pyridine rings is 1. The molecule has 6 heteroatoms. The maximum Gasteiger partial charge on any atom is 0.491 e. The largest absolute Gasteiger partial charge is 0.491 e. The van der Waals surface area contributed by atoms with Gasteiger partial charge in [-0.15, -0.1) is 0 Å². The van der Waals surface area contributed by atoms with Gasteiger partial charge in [0.1, 0.15) is 6.07 Å². The van der Waals surface area contributed by atoms with E-state index < -0.39 is 7.12 Å². The van der Waals surface area contributed by atoms with Crippen molar-refractivity contribution in [1.82, 2.24) is 10.3 Å². The van der Waals surface area contributed by atoms with Crippen LogP contribution in [-0.2, 0) is 9.31 Å². The summed E-state index contributed by atoms with van der Waals surface area (Å²) in [5.41, 5.74) is 1.55. The Hall–Kier alpha value is -1.68. The van der Waals surface area contributed by atoms with Crippen molar-refractivity contribution in [1.29, 1.82) is 5.26 Å². The number of aromatic nitrogens is 1. The highest BCUT2D eigenvalue weighted by Crippen LogP contribution is 2.38. The van der Waals surface area contributed by atoms with E-state index in [1.165, 1.54) is 0 Å². The SMILES string of the molecule is CNCC(=Cc1ccc(C#N)cn1)B1OC(C)(C)C(C)(C)O1. The second-order valence-corrected chi connectivity index (χ2v) is 6.42. The summed E-state index contributed by atoms with van der Waals surface area (Å²) in [4.78, 5) is 4.28. The number of likely N-dealkylation sites (N-methyl/N-ethyl adjacent to an activating group) is 1. The van der Waals surface area contributed by atoms with Crippen LogP contribution in [0.3, 0.4) is 0 Å². The van der Waals surface area contributed by atoms with E-state index >= 15 is 0 Å². The lowest BCUT2D eigenvalue weighted by Crippen LogP contribution is -2.41. The Labute approximate surface area is 132 Å². The Morgan fingerprint density at radius 1 is 1.32 bits per heavy atom. The highest BCUT2D eigenvalue weighted by Gasteiger charge is 2.52. The van der Waals surface area contributed by atoms with Crippen molar-refractivity contribution in [3.8, 4) is 6.07 Å². The van der Waals surface area contributed by atoms with E-state index in [9.17, 15) is 0 Å². The summed E-state index contributed by atoms with van der Waals surface area (Å²) in [6.45, 7) is 8.76. The van der Waals surface area contributed by atoms with Crippen LogP contribution < -0.4 is 5.32 Å². The zero-order chi connectivity index (χ0) is 16.4. The lowest BCUT2D eigenvalue weighted by Gasteiger charge is -2.32. The first-order valence-corrected chi connectivity index (χ1v) is 7.36. The second kappa shape index (κ2) is 6.21. The van der Waals surface area contributed by atoms with Crippen LogP contribution in [0.4, 0.5) is 0 Å². The molecule has 5 nitrogen and oxygen atoms in total. The highest BCUT2D eigenvalue weighted by molar-refractivity contribution is 6.55. The minimum absolute atomic E-state index is 0.372. The van der Waals surface area contributed by atoms with Crippen molar-refractivity contribution in [2.75, 3.05) is 13.6 Å². The van der Waals surface area contributed by atoms with Gasteiger partial charge >= 0.3 is 7.12 Å². The molecule has 0 aromatic carbocycles. The fraction of sp³-hybridized carbons (Fsp3) is 0.500. The van der Waals surface area contributed by atoms with Crippen LogP contribution in [0, 0.1) is 11.3 Å². The Morgan fingerprint density at radius 2 is 1.95 bits per heavy atom. The average molecular weight is 299 g/mol. The molecule has 0 amide bonds. The minimum atomic E-state index is -0.408. The van der Waals surface area contributed by atoms with Gasteiger partial charge in [0.15, 0.2) is 0 Å². The van der Waals surface area contributed by atoms with Gasteiger partial charge in [-0.2, -0.15) is 5.26 Å². The van der Waals surface area contributed by atoms with E-state index in [1.54, 1.807) is 12.3 Å². The van der Waals surface area contributed by atoms with Crippen LogP contribution >= 0.6 is 0 Å². The van der Waals surface area contributed by atoms with Crippen molar-refractivity contribution in [3.05, 3.63) is 35.1 Å². The Kier molecular flexibility index (Phi) is 4.71. The summed E-state index contributed by atoms with van der Waals surface area (Å²) in [6.07, 6.45) is 3.51. The molecular formula is C16H22BN3O2. The van der Waals surface area contributed by atoms with Gasteiger partial charge < -0.3 is 14.6 Å². The molecule has 2 rings (SSSR count). The van der Waals surface area contributed by atoms with Gasteiger partial charge in [-0.3, -0.25) is 4.98 Å². The van der Waals surface area contributed by atoms with Crippen LogP contribution in [0.5, 0.6) is 0 Å². The predicted octanol–water partition coefficient (Wildman–Crippen LogP) is 2.19. The van der Waals surface area contributed by atoms with Crippen molar-refractivity contribution >= 4 is 13.2 Å². The summed E-state index contributed by atoms with van der Waals surface area (Å²) in [7, 11) is 1.47. The zero-order valence-electron chi connectivity index (χ0n) is 13.8. The maximum absolute atomic E-state index is 8.83. The molecule has 0 saturated carbocycles. The first kappa shape index (κ1) is 16.7. The second-order valence-electron chi connectivity index (χ2n) is 6.42. The number of nitriles is 1. The van der Waals surface area contributed by atoms with Crippen LogP contribution in [0.25, 0.3) is 6.08 Å². The quantitative estimate of drug-likeness (QED) is 0.863. The summed E-state index contributed by atoms with van der Waals surface area (Å²) in [5.74, 6) is 0. The smallest absolute Gasteiger partial charge is 0.400 e. The summed E-state index contributed by atoms with van der Waals surface area (Å²) >= 11 is 0. The van der Waals surface area contributed by atoms with E-state index in [-0.39, 0.29) is 11.2 Å². The molecule has 116 valence electrons. The van der Waals surface area contributed by atoms with E-state index in [0.29, 0.717) is 12.1 Å². The third kappa shape index (κ3) is 3.38. The first-order valence-electron chi connectivity index (χ1n) is 7.36. The van der Waals surface area contributed by atoms with Gasteiger partial charge in [-0.25, -0.2) is 0 Å². The summed E-state index contributed by atoms with van der Waals surface area (Å²) in [5, 5.41) is 12.0. The number of rotatable bonds is 4. The number of hydrogen-bond acceptors (Lipinski definition) is 5. The molecule has 1 aliphatic rings. The Balaban J connectivity index is 2.27. The fourth-order valence-electron chi connectivity index (χ4n) is 2.15. The van der Waals surface area contributed by atoms with Gasteiger partial charge in [0.2, 0.25) is 0 Å². The van der Waals surface area contributed by atoms with Crippen molar-refractivity contribution < 1.29 is 9.31 Å². The monoisotopic (exact) mass is 299 g/mol. The van der Waals surface area contributed by atoms with Crippen LogP contribution in [0.1, 0.15) is 39.0 Å². The van der Waals surface area contributed by atoms with Gasteiger partial charge in [0.25, 0.3) is 0 Å². The molecule has 1 aliphatic heterocycles. The van der Waals surface area contributed by atoms with Crippen molar-refractivity contribution in [3.63, 3.8) is 0 Å². The van der Waals surface area contributed by atoms with Gasteiger partial charge in [-0.1, -0.05) is 0 Å². The van der Waals surface area contributed by atoms with Gasteiger partial charge in [0, 0.05) is 12.7 Å². The normalized spacial score (nSPS) is 20.0. The third-order valence-electron chi connectivity index (χ3n) is 4.19. The third-order valence-corrected chi connectivity index (χ3v) is 4.19.